The van der Waals surface area contributed by atoms with Gasteiger partial charge in [-0.05, 0) is 44.1 Å². The van der Waals surface area contributed by atoms with E-state index in [1.54, 1.807) is 13.2 Å². The number of aromatic hydroxyl groups is 1. The third-order valence-corrected chi connectivity index (χ3v) is 6.82. The Morgan fingerprint density at radius 1 is 1.21 bits per heavy atom. The van der Waals surface area contributed by atoms with Crippen LogP contribution >= 0.6 is 0 Å². The van der Waals surface area contributed by atoms with Crippen LogP contribution in [0.3, 0.4) is 0 Å². The molecule has 2 aliphatic carbocycles. The zero-order valence-electron chi connectivity index (χ0n) is 17.2. The number of benzene rings is 1. The van der Waals surface area contributed by atoms with Gasteiger partial charge in [0.15, 0.2) is 17.5 Å². The molecule has 1 heterocycles. The molecule has 4 rings (SSSR count). The van der Waals surface area contributed by atoms with Gasteiger partial charge in [-0.1, -0.05) is 18.6 Å². The Labute approximate surface area is 168 Å². The lowest BCUT2D eigenvalue weighted by atomic mass is 9.93. The van der Waals surface area contributed by atoms with E-state index >= 15 is 0 Å². The minimum Gasteiger partial charge on any atom is -0.504 e. The van der Waals surface area contributed by atoms with E-state index in [4.69, 9.17) is 9.73 Å². The number of hydrogen-bond donors (Lipinski definition) is 2. The van der Waals surface area contributed by atoms with Gasteiger partial charge in [0.05, 0.1) is 13.7 Å². The van der Waals surface area contributed by atoms with Crippen molar-refractivity contribution in [2.24, 2.45) is 16.8 Å². The number of phenols is 1. The van der Waals surface area contributed by atoms with Crippen LogP contribution < -0.4 is 10.1 Å². The van der Waals surface area contributed by atoms with Crippen LogP contribution in [0.25, 0.3) is 0 Å². The maximum Gasteiger partial charge on any atom is 0.194 e. The maximum absolute atomic E-state index is 10.3. The van der Waals surface area contributed by atoms with Gasteiger partial charge in [0, 0.05) is 44.3 Å². The first-order valence-electron chi connectivity index (χ1n) is 10.8. The lowest BCUT2D eigenvalue weighted by molar-refractivity contribution is 0.0958. The summed E-state index contributed by atoms with van der Waals surface area (Å²) in [4.78, 5) is 9.90. The minimum atomic E-state index is 0.186. The standard InChI is InChI=1S/C22H34N4O2/c1-3-23-22(24-15-18-5-4-6-20(28-2)21(18)27)26-11-9-25(10-12-26)19-14-16-7-8-17(19)13-16/h4-6,16-17,19,27H,3,7-15H2,1-2H3,(H,23,24). The predicted molar refractivity (Wildman–Crippen MR) is 112 cm³/mol. The molecule has 1 aromatic carbocycles. The first-order chi connectivity index (χ1) is 13.7. The van der Waals surface area contributed by atoms with Crippen LogP contribution in [0.1, 0.15) is 38.2 Å². The molecule has 28 heavy (non-hydrogen) atoms. The fourth-order valence-corrected chi connectivity index (χ4v) is 5.37. The number of aliphatic imine (C=N–C) groups is 1. The highest BCUT2D eigenvalue weighted by atomic mass is 16.5. The van der Waals surface area contributed by atoms with Gasteiger partial charge in [0.2, 0.25) is 0 Å². The number of piperazine rings is 1. The summed E-state index contributed by atoms with van der Waals surface area (Å²) >= 11 is 0. The Morgan fingerprint density at radius 3 is 2.68 bits per heavy atom. The molecular formula is C22H34N4O2. The van der Waals surface area contributed by atoms with Crippen molar-refractivity contribution in [1.82, 2.24) is 15.1 Å². The molecule has 2 saturated carbocycles. The molecule has 0 spiro atoms. The summed E-state index contributed by atoms with van der Waals surface area (Å²) in [6.45, 7) is 7.68. The summed E-state index contributed by atoms with van der Waals surface area (Å²) in [7, 11) is 1.57. The third-order valence-electron chi connectivity index (χ3n) is 6.82. The lowest BCUT2D eigenvalue weighted by Crippen LogP contribution is -2.55. The molecule has 3 fully saturated rings. The second-order valence-electron chi connectivity index (χ2n) is 8.40. The lowest BCUT2D eigenvalue weighted by Gasteiger charge is -2.42. The number of fused-ring (bicyclic) bond motifs is 2. The number of para-hydroxylation sites is 1. The van der Waals surface area contributed by atoms with E-state index < -0.39 is 0 Å². The van der Waals surface area contributed by atoms with Crippen LogP contribution in [0.15, 0.2) is 23.2 Å². The Balaban J connectivity index is 1.38. The molecular weight excluding hydrogens is 352 g/mol. The third kappa shape index (κ3) is 3.93. The largest absolute Gasteiger partial charge is 0.504 e. The number of nitrogens with one attached hydrogen (secondary N) is 1. The molecule has 1 aromatic rings. The smallest absolute Gasteiger partial charge is 0.194 e. The van der Waals surface area contributed by atoms with Gasteiger partial charge in [-0.15, -0.1) is 0 Å². The number of methoxy groups -OCH3 is 1. The fourth-order valence-electron chi connectivity index (χ4n) is 5.37. The summed E-state index contributed by atoms with van der Waals surface area (Å²) < 4.78 is 5.21. The van der Waals surface area contributed by atoms with Crippen molar-refractivity contribution >= 4 is 5.96 Å². The van der Waals surface area contributed by atoms with Gasteiger partial charge >= 0.3 is 0 Å². The zero-order valence-corrected chi connectivity index (χ0v) is 17.2. The van der Waals surface area contributed by atoms with Crippen LogP contribution in [0.4, 0.5) is 0 Å². The van der Waals surface area contributed by atoms with Gasteiger partial charge < -0.3 is 20.1 Å². The van der Waals surface area contributed by atoms with E-state index in [1.165, 1.54) is 25.7 Å². The second kappa shape index (κ2) is 8.60. The molecule has 3 aliphatic rings. The Morgan fingerprint density at radius 2 is 2.04 bits per heavy atom. The zero-order chi connectivity index (χ0) is 19.5. The molecule has 0 amide bonds. The van der Waals surface area contributed by atoms with E-state index in [2.05, 4.69) is 22.0 Å². The molecule has 154 valence electrons. The van der Waals surface area contributed by atoms with Crippen molar-refractivity contribution < 1.29 is 9.84 Å². The molecule has 0 radical (unpaired) electrons. The SMILES string of the molecule is CCNC(=NCc1cccc(OC)c1O)N1CCN(C2CC3CCC2C3)CC1. The van der Waals surface area contributed by atoms with Crippen LogP contribution in [-0.2, 0) is 6.54 Å². The molecule has 0 aromatic heterocycles. The second-order valence-corrected chi connectivity index (χ2v) is 8.40. The van der Waals surface area contributed by atoms with Gasteiger partial charge in [0.1, 0.15) is 0 Å². The number of hydrogen-bond acceptors (Lipinski definition) is 4. The van der Waals surface area contributed by atoms with Gasteiger partial charge in [0.25, 0.3) is 0 Å². The summed E-state index contributed by atoms with van der Waals surface area (Å²) in [5, 5.41) is 13.7. The number of nitrogens with zero attached hydrogens (tertiary/aromatic N) is 3. The number of rotatable bonds is 5. The van der Waals surface area contributed by atoms with E-state index in [1.807, 2.05) is 12.1 Å². The normalized spacial score (nSPS) is 28.0. The summed E-state index contributed by atoms with van der Waals surface area (Å²) in [5.74, 6) is 3.58. The van der Waals surface area contributed by atoms with E-state index in [-0.39, 0.29) is 5.75 Å². The van der Waals surface area contributed by atoms with E-state index in [0.717, 1.165) is 62.1 Å². The topological polar surface area (TPSA) is 60.3 Å². The first-order valence-corrected chi connectivity index (χ1v) is 10.8. The van der Waals surface area contributed by atoms with Crippen LogP contribution in [0.2, 0.25) is 0 Å². The van der Waals surface area contributed by atoms with Gasteiger partial charge in [-0.2, -0.15) is 0 Å². The Bertz CT molecular complexity index is 700. The van der Waals surface area contributed by atoms with Crippen molar-refractivity contribution in [2.45, 2.75) is 45.2 Å². The maximum atomic E-state index is 10.3. The molecule has 2 bridgehead atoms. The highest BCUT2D eigenvalue weighted by Crippen LogP contribution is 2.46. The monoisotopic (exact) mass is 386 g/mol. The fraction of sp³-hybridized carbons (Fsp3) is 0.682. The van der Waals surface area contributed by atoms with Crippen LogP contribution in [0.5, 0.6) is 11.5 Å². The minimum absolute atomic E-state index is 0.186. The molecule has 6 heteroatoms. The van der Waals surface area contributed by atoms with Crippen molar-refractivity contribution in [3.8, 4) is 11.5 Å². The highest BCUT2D eigenvalue weighted by molar-refractivity contribution is 5.80. The first kappa shape index (κ1) is 19.4. The predicted octanol–water partition coefficient (Wildman–Crippen LogP) is 2.67. The number of ether oxygens (including phenoxy) is 1. The van der Waals surface area contributed by atoms with Crippen molar-refractivity contribution in [2.75, 3.05) is 39.8 Å². The van der Waals surface area contributed by atoms with Gasteiger partial charge in [-0.3, -0.25) is 4.90 Å². The molecule has 2 N–H and O–H groups in total. The average molecular weight is 387 g/mol. The average Bonchev–Trinajstić information content (AvgIpc) is 3.36. The van der Waals surface area contributed by atoms with E-state index in [0.29, 0.717) is 12.3 Å². The van der Waals surface area contributed by atoms with Crippen LogP contribution in [0, 0.1) is 11.8 Å². The molecule has 6 nitrogen and oxygen atoms in total. The quantitative estimate of drug-likeness (QED) is 0.602. The Hall–Kier alpha value is -1.95. The number of phenolic OH excluding ortho intramolecular Hbond substituents is 1. The summed E-state index contributed by atoms with van der Waals surface area (Å²) in [5.41, 5.74) is 0.787. The van der Waals surface area contributed by atoms with E-state index in [9.17, 15) is 5.11 Å². The summed E-state index contributed by atoms with van der Waals surface area (Å²) in [6, 6.07) is 6.39. The number of guanidine groups is 1. The molecule has 3 unspecified atom stereocenters. The molecule has 1 aliphatic heterocycles. The highest BCUT2D eigenvalue weighted by Gasteiger charge is 2.42. The van der Waals surface area contributed by atoms with Crippen molar-refractivity contribution in [3.05, 3.63) is 23.8 Å². The summed E-state index contributed by atoms with van der Waals surface area (Å²) in [6.07, 6.45) is 5.81. The van der Waals surface area contributed by atoms with Crippen LogP contribution in [-0.4, -0.2) is 66.7 Å². The van der Waals surface area contributed by atoms with Crippen molar-refractivity contribution in [3.63, 3.8) is 0 Å². The Kier molecular flexibility index (Phi) is 5.95. The van der Waals surface area contributed by atoms with Crippen molar-refractivity contribution in [1.29, 1.82) is 0 Å². The molecule has 3 atom stereocenters. The molecule has 1 saturated heterocycles. The van der Waals surface area contributed by atoms with Gasteiger partial charge in [-0.25, -0.2) is 4.99 Å².